The Bertz CT molecular complexity index is 910. The van der Waals surface area contributed by atoms with Gasteiger partial charge in [-0.2, -0.15) is 0 Å². The van der Waals surface area contributed by atoms with Crippen LogP contribution in [0.3, 0.4) is 0 Å². The summed E-state index contributed by atoms with van der Waals surface area (Å²) < 4.78 is 5.13. The van der Waals surface area contributed by atoms with Crippen molar-refractivity contribution in [2.75, 3.05) is 11.9 Å². The maximum absolute atomic E-state index is 12.4. The van der Waals surface area contributed by atoms with Crippen molar-refractivity contribution in [3.8, 4) is 0 Å². The van der Waals surface area contributed by atoms with Crippen LogP contribution in [-0.2, 0) is 19.7 Å². The van der Waals surface area contributed by atoms with E-state index in [1.54, 1.807) is 24.3 Å². The highest BCUT2D eigenvalue weighted by atomic mass is 35.5. The van der Waals surface area contributed by atoms with Gasteiger partial charge < -0.3 is 10.1 Å². The number of esters is 1. The number of benzene rings is 2. The third kappa shape index (κ3) is 4.20. The molecule has 7 nitrogen and oxygen atoms in total. The number of halogens is 2. The van der Waals surface area contributed by atoms with E-state index in [0.29, 0.717) is 17.9 Å². The lowest BCUT2D eigenvalue weighted by molar-refractivity contribution is -0.383. The average molecular weight is 409 g/mol. The predicted molar refractivity (Wildman–Crippen MR) is 100 cm³/mol. The van der Waals surface area contributed by atoms with E-state index in [0.717, 1.165) is 11.6 Å². The molecule has 0 radical (unpaired) electrons. The van der Waals surface area contributed by atoms with Gasteiger partial charge in [-0.25, -0.2) is 0 Å². The van der Waals surface area contributed by atoms with Crippen LogP contribution in [0.25, 0.3) is 0 Å². The van der Waals surface area contributed by atoms with Gasteiger partial charge in [-0.1, -0.05) is 35.3 Å². The highest BCUT2D eigenvalue weighted by Crippen LogP contribution is 2.49. The third-order valence-corrected chi connectivity index (χ3v) is 4.79. The lowest BCUT2D eigenvalue weighted by atomic mass is 9.96. The zero-order valence-electron chi connectivity index (χ0n) is 13.9. The predicted octanol–water partition coefficient (Wildman–Crippen LogP) is 4.12. The van der Waals surface area contributed by atoms with Crippen LogP contribution in [0.4, 0.5) is 11.4 Å². The molecule has 1 saturated carbocycles. The molecule has 9 heteroatoms. The largest absolute Gasteiger partial charge is 0.455 e. The molecule has 0 saturated heterocycles. The van der Waals surface area contributed by atoms with E-state index in [1.165, 1.54) is 12.1 Å². The Balaban J connectivity index is 1.62. The summed E-state index contributed by atoms with van der Waals surface area (Å²) >= 11 is 11.6. The molecular weight excluding hydrogens is 395 g/mol. The molecule has 0 aromatic heterocycles. The molecule has 0 atom stereocenters. The van der Waals surface area contributed by atoms with Gasteiger partial charge in [0.05, 0.1) is 10.3 Å². The number of rotatable bonds is 6. The molecule has 1 aliphatic rings. The lowest BCUT2D eigenvalue weighted by Crippen LogP contribution is -2.28. The molecule has 0 spiro atoms. The van der Waals surface area contributed by atoms with Gasteiger partial charge in [-0.05, 0) is 42.7 Å². The van der Waals surface area contributed by atoms with E-state index in [2.05, 4.69) is 5.32 Å². The standard InChI is InChI=1S/C18H14Cl2N2O5/c19-12-3-1-11(2-4-12)18(7-8-18)17(24)27-10-16(23)21-14-6-5-13(20)9-15(14)22(25)26/h1-6,9H,7-8,10H2,(H,21,23). The monoisotopic (exact) mass is 408 g/mol. The second-order valence-corrected chi connectivity index (χ2v) is 7.00. The summed E-state index contributed by atoms with van der Waals surface area (Å²) in [6.45, 7) is -0.548. The van der Waals surface area contributed by atoms with Gasteiger partial charge in [0, 0.05) is 16.1 Å². The number of carbonyl (C=O) groups excluding carboxylic acids is 2. The van der Waals surface area contributed by atoms with Gasteiger partial charge in [0.2, 0.25) is 0 Å². The van der Waals surface area contributed by atoms with Crippen molar-refractivity contribution in [2.24, 2.45) is 0 Å². The molecule has 2 aromatic carbocycles. The van der Waals surface area contributed by atoms with Gasteiger partial charge in [0.15, 0.2) is 6.61 Å². The molecule has 0 unspecified atom stereocenters. The van der Waals surface area contributed by atoms with Gasteiger partial charge in [-0.15, -0.1) is 0 Å². The number of hydrogen-bond donors (Lipinski definition) is 1. The summed E-state index contributed by atoms with van der Waals surface area (Å²) in [6, 6.07) is 10.8. The Labute approximate surface area is 164 Å². The number of nitrogens with zero attached hydrogens (tertiary/aromatic N) is 1. The molecule has 140 valence electrons. The Morgan fingerprint density at radius 1 is 1.11 bits per heavy atom. The van der Waals surface area contributed by atoms with E-state index in [-0.39, 0.29) is 16.4 Å². The first-order valence-corrected chi connectivity index (χ1v) is 8.74. The molecule has 1 amide bonds. The van der Waals surface area contributed by atoms with E-state index in [4.69, 9.17) is 27.9 Å². The van der Waals surface area contributed by atoms with Crippen molar-refractivity contribution in [2.45, 2.75) is 18.3 Å². The van der Waals surface area contributed by atoms with Crippen LogP contribution in [0, 0.1) is 10.1 Å². The van der Waals surface area contributed by atoms with E-state index < -0.39 is 28.8 Å². The first-order chi connectivity index (χ1) is 12.8. The van der Waals surface area contributed by atoms with Crippen LogP contribution in [0.1, 0.15) is 18.4 Å². The van der Waals surface area contributed by atoms with Crippen molar-refractivity contribution >= 4 is 46.5 Å². The zero-order valence-corrected chi connectivity index (χ0v) is 15.4. The Kier molecular flexibility index (Phi) is 5.34. The number of nitrogens with one attached hydrogen (secondary N) is 1. The van der Waals surface area contributed by atoms with Crippen LogP contribution in [0.2, 0.25) is 10.0 Å². The van der Waals surface area contributed by atoms with E-state index in [9.17, 15) is 19.7 Å². The summed E-state index contributed by atoms with van der Waals surface area (Å²) in [5.74, 6) is -1.19. The van der Waals surface area contributed by atoms with Crippen LogP contribution in [-0.4, -0.2) is 23.4 Å². The van der Waals surface area contributed by atoms with Crippen molar-refractivity contribution in [3.05, 3.63) is 68.2 Å². The van der Waals surface area contributed by atoms with E-state index >= 15 is 0 Å². The number of anilines is 1. The minimum absolute atomic E-state index is 0.0238. The molecule has 0 bridgehead atoms. The molecule has 0 heterocycles. The minimum atomic E-state index is -0.753. The van der Waals surface area contributed by atoms with Gasteiger partial charge >= 0.3 is 5.97 Å². The fourth-order valence-corrected chi connectivity index (χ4v) is 3.01. The Hall–Kier alpha value is -2.64. The maximum atomic E-state index is 12.4. The minimum Gasteiger partial charge on any atom is -0.455 e. The number of nitro groups is 1. The first-order valence-electron chi connectivity index (χ1n) is 7.99. The highest BCUT2D eigenvalue weighted by molar-refractivity contribution is 6.31. The average Bonchev–Trinajstić information content (AvgIpc) is 3.43. The molecule has 2 aromatic rings. The summed E-state index contributed by atoms with van der Waals surface area (Å²) in [6.07, 6.45) is 1.25. The van der Waals surface area contributed by atoms with Crippen molar-refractivity contribution in [1.29, 1.82) is 0 Å². The van der Waals surface area contributed by atoms with Crippen LogP contribution in [0.5, 0.6) is 0 Å². The number of carbonyl (C=O) groups is 2. The molecule has 0 aliphatic heterocycles. The van der Waals surface area contributed by atoms with Crippen LogP contribution in [0.15, 0.2) is 42.5 Å². The third-order valence-electron chi connectivity index (χ3n) is 4.30. The molecular formula is C18H14Cl2N2O5. The second-order valence-electron chi connectivity index (χ2n) is 6.13. The Morgan fingerprint density at radius 2 is 1.74 bits per heavy atom. The highest BCUT2D eigenvalue weighted by Gasteiger charge is 2.52. The van der Waals surface area contributed by atoms with Crippen molar-refractivity contribution in [3.63, 3.8) is 0 Å². The second kappa shape index (κ2) is 7.54. The summed E-state index contributed by atoms with van der Waals surface area (Å²) in [5, 5.41) is 14.1. The molecule has 1 aliphatic carbocycles. The lowest BCUT2D eigenvalue weighted by Gasteiger charge is -2.15. The number of hydrogen-bond acceptors (Lipinski definition) is 5. The first kappa shape index (κ1) is 19.1. The maximum Gasteiger partial charge on any atom is 0.317 e. The molecule has 1 fully saturated rings. The van der Waals surface area contributed by atoms with Crippen LogP contribution < -0.4 is 5.32 Å². The topological polar surface area (TPSA) is 98.5 Å². The summed E-state index contributed by atoms with van der Waals surface area (Å²) in [7, 11) is 0. The summed E-state index contributed by atoms with van der Waals surface area (Å²) in [4.78, 5) is 34.9. The normalized spacial score (nSPS) is 14.3. The smallest absolute Gasteiger partial charge is 0.317 e. The van der Waals surface area contributed by atoms with Gasteiger partial charge in [0.1, 0.15) is 5.69 Å². The molecule has 27 heavy (non-hydrogen) atoms. The van der Waals surface area contributed by atoms with Crippen molar-refractivity contribution in [1.82, 2.24) is 0 Å². The van der Waals surface area contributed by atoms with Crippen LogP contribution >= 0.6 is 23.2 Å². The quantitative estimate of drug-likeness (QED) is 0.440. The molecule has 1 N–H and O–H groups in total. The Morgan fingerprint density at radius 3 is 2.33 bits per heavy atom. The number of ether oxygens (including phenoxy) is 1. The molecule has 3 rings (SSSR count). The fraction of sp³-hybridized carbons (Fsp3) is 0.222. The number of amides is 1. The summed E-state index contributed by atoms with van der Waals surface area (Å²) in [5.41, 5.74) is -0.339. The number of nitro benzene ring substituents is 1. The zero-order chi connectivity index (χ0) is 19.6. The van der Waals surface area contributed by atoms with Crippen molar-refractivity contribution < 1.29 is 19.2 Å². The fourth-order valence-electron chi connectivity index (χ4n) is 2.72. The SMILES string of the molecule is O=C(COC(=O)C1(c2ccc(Cl)cc2)CC1)Nc1ccc(Cl)cc1[N+](=O)[O-]. The van der Waals surface area contributed by atoms with Gasteiger partial charge in [-0.3, -0.25) is 19.7 Å². The van der Waals surface area contributed by atoms with Gasteiger partial charge in [0.25, 0.3) is 11.6 Å². The van der Waals surface area contributed by atoms with E-state index in [1.807, 2.05) is 0 Å².